The van der Waals surface area contributed by atoms with Gasteiger partial charge in [-0.1, -0.05) is 39.0 Å². The molecule has 1 fully saturated rings. The number of hydrogen-bond donors (Lipinski definition) is 0. The second kappa shape index (κ2) is 8.22. The van der Waals surface area contributed by atoms with Crippen LogP contribution in [0.5, 0.6) is 0 Å². The summed E-state index contributed by atoms with van der Waals surface area (Å²) in [7, 11) is 0. The third-order valence-electron chi connectivity index (χ3n) is 4.73. The molecule has 3 rings (SSSR count). The van der Waals surface area contributed by atoms with Crippen molar-refractivity contribution in [3.8, 4) is 0 Å². The first-order valence-corrected chi connectivity index (χ1v) is 10.2. The molecular formula is C19H25N5O3S. The number of carbonyl (C=O) groups excluding carboxylic acids is 1. The molecule has 0 atom stereocenters. The van der Waals surface area contributed by atoms with Crippen molar-refractivity contribution < 1.29 is 9.72 Å². The lowest BCUT2D eigenvalue weighted by Crippen LogP contribution is -2.49. The molecule has 0 aromatic carbocycles. The van der Waals surface area contributed by atoms with Crippen LogP contribution in [0.4, 0.5) is 10.8 Å². The van der Waals surface area contributed by atoms with E-state index in [1.165, 1.54) is 12.1 Å². The van der Waals surface area contributed by atoms with E-state index in [-0.39, 0.29) is 16.8 Å². The minimum absolute atomic E-state index is 0.00889. The van der Waals surface area contributed by atoms with Crippen molar-refractivity contribution in [2.24, 2.45) is 0 Å². The summed E-state index contributed by atoms with van der Waals surface area (Å²) in [5, 5.41) is 10.8. The number of rotatable bonds is 5. The second-order valence-electron chi connectivity index (χ2n) is 7.49. The van der Waals surface area contributed by atoms with Crippen LogP contribution in [-0.4, -0.2) is 51.9 Å². The summed E-state index contributed by atoms with van der Waals surface area (Å²) in [6.45, 7) is 10.9. The van der Waals surface area contributed by atoms with Crippen LogP contribution in [0.2, 0.25) is 0 Å². The van der Waals surface area contributed by atoms with Gasteiger partial charge in [-0.25, -0.2) is 9.97 Å². The van der Waals surface area contributed by atoms with E-state index < -0.39 is 4.92 Å². The van der Waals surface area contributed by atoms with Crippen LogP contribution in [-0.2, 0) is 0 Å². The van der Waals surface area contributed by atoms with E-state index in [0.717, 1.165) is 28.7 Å². The van der Waals surface area contributed by atoms with Crippen LogP contribution in [0.3, 0.4) is 0 Å². The third kappa shape index (κ3) is 4.30. The van der Waals surface area contributed by atoms with Crippen LogP contribution >= 0.6 is 11.3 Å². The molecule has 2 aromatic heterocycles. The smallest absolute Gasteiger partial charge is 0.324 e. The van der Waals surface area contributed by atoms with E-state index in [1.807, 2.05) is 6.07 Å². The van der Waals surface area contributed by atoms with Gasteiger partial charge in [0.25, 0.3) is 5.91 Å². The minimum atomic E-state index is -0.465. The predicted octanol–water partition coefficient (Wildman–Crippen LogP) is 3.66. The molecule has 0 unspecified atom stereocenters. The molecule has 0 bridgehead atoms. The van der Waals surface area contributed by atoms with Gasteiger partial charge < -0.3 is 9.80 Å². The molecule has 2 aromatic rings. The monoisotopic (exact) mass is 403 g/mol. The molecule has 0 spiro atoms. The largest absolute Gasteiger partial charge is 0.353 e. The Balaban J connectivity index is 1.71. The van der Waals surface area contributed by atoms with Crippen molar-refractivity contribution in [1.82, 2.24) is 14.9 Å². The van der Waals surface area contributed by atoms with Crippen LogP contribution in [0, 0.1) is 10.1 Å². The number of carbonyl (C=O) groups is 1. The molecule has 1 aliphatic rings. The van der Waals surface area contributed by atoms with Gasteiger partial charge in [0, 0.05) is 49.9 Å². The zero-order chi connectivity index (χ0) is 20.4. The van der Waals surface area contributed by atoms with E-state index in [1.54, 1.807) is 4.90 Å². The van der Waals surface area contributed by atoms with Gasteiger partial charge in [0.15, 0.2) is 0 Å². The fraction of sp³-hybridized carbons (Fsp3) is 0.526. The fourth-order valence-corrected chi connectivity index (χ4v) is 3.81. The molecular weight excluding hydrogens is 378 g/mol. The van der Waals surface area contributed by atoms with Gasteiger partial charge >= 0.3 is 5.00 Å². The van der Waals surface area contributed by atoms with Crippen molar-refractivity contribution in [2.45, 2.75) is 39.5 Å². The van der Waals surface area contributed by atoms with Crippen LogP contribution in [0.1, 0.15) is 60.7 Å². The summed E-state index contributed by atoms with van der Waals surface area (Å²) in [5.74, 6) is 2.16. The molecule has 0 aliphatic carbocycles. The highest BCUT2D eigenvalue weighted by Crippen LogP contribution is 2.26. The quantitative estimate of drug-likeness (QED) is 0.559. The third-order valence-corrected chi connectivity index (χ3v) is 5.76. The maximum atomic E-state index is 12.6. The van der Waals surface area contributed by atoms with Gasteiger partial charge in [-0.3, -0.25) is 14.9 Å². The summed E-state index contributed by atoms with van der Waals surface area (Å²) >= 11 is 0.926. The molecule has 1 aliphatic heterocycles. The Morgan fingerprint density at radius 1 is 1.11 bits per heavy atom. The summed E-state index contributed by atoms with van der Waals surface area (Å²) in [6.07, 6.45) is 0. The summed E-state index contributed by atoms with van der Waals surface area (Å²) in [5.41, 5.74) is 1.03. The van der Waals surface area contributed by atoms with Crippen molar-refractivity contribution in [2.75, 3.05) is 31.1 Å². The molecule has 150 valence electrons. The molecule has 0 N–H and O–H groups in total. The van der Waals surface area contributed by atoms with E-state index in [2.05, 4.69) is 37.6 Å². The van der Waals surface area contributed by atoms with E-state index in [9.17, 15) is 14.9 Å². The summed E-state index contributed by atoms with van der Waals surface area (Å²) < 4.78 is 0. The number of piperazine rings is 1. The second-order valence-corrected chi connectivity index (χ2v) is 8.56. The van der Waals surface area contributed by atoms with Crippen molar-refractivity contribution in [3.05, 3.63) is 44.7 Å². The molecule has 9 heteroatoms. The zero-order valence-corrected chi connectivity index (χ0v) is 17.4. The molecule has 28 heavy (non-hydrogen) atoms. The Morgan fingerprint density at radius 2 is 1.79 bits per heavy atom. The molecule has 1 amide bonds. The fourth-order valence-electron chi connectivity index (χ4n) is 3.02. The lowest BCUT2D eigenvalue weighted by atomic mass is 10.1. The van der Waals surface area contributed by atoms with Crippen LogP contribution < -0.4 is 4.90 Å². The first-order chi connectivity index (χ1) is 13.3. The van der Waals surface area contributed by atoms with Crippen molar-refractivity contribution >= 4 is 28.1 Å². The number of hydrogen-bond acceptors (Lipinski definition) is 7. The Morgan fingerprint density at radius 3 is 2.32 bits per heavy atom. The highest BCUT2D eigenvalue weighted by Gasteiger charge is 2.26. The number of nitro groups is 1. The standard InChI is InChI=1S/C19H25N5O3S/c1-12(2)14-11-16(21-18(20-14)13(3)4)22-7-9-23(10-8-22)19(25)15-5-6-17(28-15)24(26)27/h5-6,11-13H,7-10H2,1-4H3. The Kier molecular flexibility index (Phi) is 5.93. The number of thiophene rings is 1. The highest BCUT2D eigenvalue weighted by atomic mass is 32.1. The van der Waals surface area contributed by atoms with Gasteiger partial charge in [0.1, 0.15) is 11.6 Å². The molecule has 3 heterocycles. The predicted molar refractivity (Wildman–Crippen MR) is 109 cm³/mol. The Hall–Kier alpha value is -2.55. The van der Waals surface area contributed by atoms with Gasteiger partial charge in [-0.2, -0.15) is 0 Å². The molecule has 8 nitrogen and oxygen atoms in total. The summed E-state index contributed by atoms with van der Waals surface area (Å²) in [4.78, 5) is 36.7. The molecule has 0 saturated carbocycles. The average Bonchev–Trinajstić information content (AvgIpc) is 3.17. The maximum absolute atomic E-state index is 12.6. The Labute approximate surface area is 168 Å². The zero-order valence-electron chi connectivity index (χ0n) is 16.6. The van der Waals surface area contributed by atoms with Crippen LogP contribution in [0.25, 0.3) is 0 Å². The lowest BCUT2D eigenvalue weighted by Gasteiger charge is -2.35. The number of aromatic nitrogens is 2. The van der Waals surface area contributed by atoms with E-state index in [4.69, 9.17) is 4.98 Å². The van der Waals surface area contributed by atoms with E-state index in [0.29, 0.717) is 37.0 Å². The molecule has 1 saturated heterocycles. The maximum Gasteiger partial charge on any atom is 0.324 e. The normalized spacial score (nSPS) is 14.8. The number of nitrogens with zero attached hydrogens (tertiary/aromatic N) is 5. The lowest BCUT2D eigenvalue weighted by molar-refractivity contribution is -0.380. The van der Waals surface area contributed by atoms with E-state index >= 15 is 0 Å². The van der Waals surface area contributed by atoms with Gasteiger partial charge in [-0.05, 0) is 12.0 Å². The Bertz CT molecular complexity index is 846. The number of anilines is 1. The van der Waals surface area contributed by atoms with Gasteiger partial charge in [0.2, 0.25) is 0 Å². The molecule has 0 radical (unpaired) electrons. The SMILES string of the molecule is CC(C)c1cc(N2CCN(C(=O)c3ccc([N+](=O)[O-])s3)CC2)nc(C(C)C)n1. The van der Waals surface area contributed by atoms with Gasteiger partial charge in [0.05, 0.1) is 9.80 Å². The minimum Gasteiger partial charge on any atom is -0.353 e. The van der Waals surface area contributed by atoms with Crippen LogP contribution in [0.15, 0.2) is 18.2 Å². The highest BCUT2D eigenvalue weighted by molar-refractivity contribution is 7.17. The topological polar surface area (TPSA) is 92.5 Å². The first-order valence-electron chi connectivity index (χ1n) is 9.43. The summed E-state index contributed by atoms with van der Waals surface area (Å²) in [6, 6.07) is 4.96. The number of amides is 1. The first kappa shape index (κ1) is 20.2. The van der Waals surface area contributed by atoms with Crippen molar-refractivity contribution in [3.63, 3.8) is 0 Å². The average molecular weight is 404 g/mol. The van der Waals surface area contributed by atoms with Gasteiger partial charge in [-0.15, -0.1) is 0 Å². The van der Waals surface area contributed by atoms with Crippen molar-refractivity contribution in [1.29, 1.82) is 0 Å².